The molecule has 7 nitrogen and oxygen atoms in total. The summed E-state index contributed by atoms with van der Waals surface area (Å²) in [7, 11) is 0. The van der Waals surface area contributed by atoms with Crippen LogP contribution in [0.25, 0.3) is 0 Å². The third-order valence-electron chi connectivity index (χ3n) is 2.60. The predicted octanol–water partition coefficient (Wildman–Crippen LogP) is 1.57. The molecule has 0 aliphatic carbocycles. The fraction of sp³-hybridized carbons (Fsp3) is 0.231. The summed E-state index contributed by atoms with van der Waals surface area (Å²) in [5.41, 5.74) is 0.0322. The van der Waals surface area contributed by atoms with Crippen LogP contribution < -0.4 is 5.32 Å². The Balaban J connectivity index is 2.12. The quantitative estimate of drug-likeness (QED) is 0.877. The summed E-state index contributed by atoms with van der Waals surface area (Å²) < 4.78 is 5.31. The first-order chi connectivity index (χ1) is 9.47. The number of hydrogen-bond acceptors (Lipinski definition) is 5. The lowest BCUT2D eigenvalue weighted by atomic mass is 10.2. The van der Waals surface area contributed by atoms with E-state index >= 15 is 0 Å². The van der Waals surface area contributed by atoms with E-state index in [4.69, 9.17) is 9.52 Å². The standard InChI is InChI=1S/C13H13N3O4/c1-7-6-15-12(20-7)8(2)16-11(17)9-3-4-14-10(5-9)13(18)19/h3-6,8H,1-2H3,(H,16,17)(H,18,19). The molecule has 0 saturated heterocycles. The maximum atomic E-state index is 12.0. The third-order valence-corrected chi connectivity index (χ3v) is 2.60. The highest BCUT2D eigenvalue weighted by molar-refractivity contribution is 5.96. The summed E-state index contributed by atoms with van der Waals surface area (Å²) >= 11 is 0. The van der Waals surface area contributed by atoms with E-state index in [2.05, 4.69) is 15.3 Å². The zero-order valence-corrected chi connectivity index (χ0v) is 11.0. The van der Waals surface area contributed by atoms with Crippen LogP contribution in [-0.2, 0) is 0 Å². The van der Waals surface area contributed by atoms with Crippen molar-refractivity contribution in [3.63, 3.8) is 0 Å². The zero-order chi connectivity index (χ0) is 14.7. The molecule has 0 aliphatic rings. The summed E-state index contributed by atoms with van der Waals surface area (Å²) in [5.74, 6) is -0.559. The van der Waals surface area contributed by atoms with Crippen LogP contribution in [-0.4, -0.2) is 27.0 Å². The summed E-state index contributed by atoms with van der Waals surface area (Å²) in [6.45, 7) is 3.48. The van der Waals surface area contributed by atoms with E-state index in [-0.39, 0.29) is 11.3 Å². The molecule has 0 radical (unpaired) electrons. The Labute approximate surface area is 114 Å². The molecule has 1 unspecified atom stereocenters. The molecule has 0 aliphatic heterocycles. The van der Waals surface area contributed by atoms with Gasteiger partial charge in [0.05, 0.1) is 6.20 Å². The molecular weight excluding hydrogens is 262 g/mol. The van der Waals surface area contributed by atoms with Gasteiger partial charge in [0, 0.05) is 11.8 Å². The first kappa shape index (κ1) is 13.7. The molecule has 0 saturated carbocycles. The van der Waals surface area contributed by atoms with Gasteiger partial charge in [0.25, 0.3) is 5.91 Å². The molecule has 0 fully saturated rings. The number of carbonyl (C=O) groups excluding carboxylic acids is 1. The molecule has 0 aromatic carbocycles. The number of hydrogen-bond donors (Lipinski definition) is 2. The van der Waals surface area contributed by atoms with Crippen LogP contribution in [0, 0.1) is 6.92 Å². The van der Waals surface area contributed by atoms with Gasteiger partial charge in [-0.15, -0.1) is 0 Å². The number of amides is 1. The van der Waals surface area contributed by atoms with E-state index < -0.39 is 17.9 Å². The number of aryl methyl sites for hydroxylation is 1. The second kappa shape index (κ2) is 5.52. The summed E-state index contributed by atoms with van der Waals surface area (Å²) in [4.78, 5) is 30.5. The molecule has 2 rings (SSSR count). The van der Waals surface area contributed by atoms with Crippen molar-refractivity contribution in [3.8, 4) is 0 Å². The number of rotatable bonds is 4. The third kappa shape index (κ3) is 3.00. The van der Waals surface area contributed by atoms with E-state index in [0.717, 1.165) is 0 Å². The van der Waals surface area contributed by atoms with E-state index in [0.29, 0.717) is 11.7 Å². The zero-order valence-electron chi connectivity index (χ0n) is 11.0. The maximum absolute atomic E-state index is 12.0. The average molecular weight is 275 g/mol. The second-order valence-corrected chi connectivity index (χ2v) is 4.24. The highest BCUT2D eigenvalue weighted by Gasteiger charge is 2.16. The van der Waals surface area contributed by atoms with Gasteiger partial charge in [-0.2, -0.15) is 0 Å². The first-order valence-corrected chi connectivity index (χ1v) is 5.90. The molecule has 2 aromatic rings. The van der Waals surface area contributed by atoms with Crippen molar-refractivity contribution in [3.05, 3.63) is 47.4 Å². The number of pyridine rings is 1. The number of nitrogens with zero attached hydrogens (tertiary/aromatic N) is 2. The molecule has 104 valence electrons. The predicted molar refractivity (Wildman–Crippen MR) is 68.3 cm³/mol. The lowest BCUT2D eigenvalue weighted by Crippen LogP contribution is -2.27. The van der Waals surface area contributed by atoms with E-state index in [1.165, 1.54) is 18.3 Å². The monoisotopic (exact) mass is 275 g/mol. The van der Waals surface area contributed by atoms with Crippen molar-refractivity contribution in [1.82, 2.24) is 15.3 Å². The van der Waals surface area contributed by atoms with E-state index in [1.54, 1.807) is 20.0 Å². The number of aromatic nitrogens is 2. The van der Waals surface area contributed by atoms with Gasteiger partial charge in [0.15, 0.2) is 0 Å². The van der Waals surface area contributed by atoms with Crippen LogP contribution in [0.1, 0.15) is 45.5 Å². The summed E-state index contributed by atoms with van der Waals surface area (Å²) in [6, 6.07) is 2.23. The van der Waals surface area contributed by atoms with E-state index in [9.17, 15) is 9.59 Å². The molecule has 0 spiro atoms. The normalized spacial score (nSPS) is 11.9. The highest BCUT2D eigenvalue weighted by Crippen LogP contribution is 2.13. The van der Waals surface area contributed by atoms with Crippen LogP contribution in [0.5, 0.6) is 0 Å². The number of nitrogens with one attached hydrogen (secondary N) is 1. The van der Waals surface area contributed by atoms with Crippen LogP contribution in [0.2, 0.25) is 0 Å². The second-order valence-electron chi connectivity index (χ2n) is 4.24. The number of carbonyl (C=O) groups is 2. The first-order valence-electron chi connectivity index (χ1n) is 5.90. The molecule has 7 heteroatoms. The van der Waals surface area contributed by atoms with Gasteiger partial charge in [0.2, 0.25) is 5.89 Å². The Morgan fingerprint density at radius 3 is 2.75 bits per heavy atom. The highest BCUT2D eigenvalue weighted by atomic mass is 16.4. The molecule has 2 heterocycles. The van der Waals surface area contributed by atoms with Crippen LogP contribution in [0.15, 0.2) is 28.9 Å². The Bertz CT molecular complexity index is 651. The van der Waals surface area contributed by atoms with Gasteiger partial charge >= 0.3 is 5.97 Å². The molecule has 1 atom stereocenters. The van der Waals surface area contributed by atoms with Crippen LogP contribution in [0.4, 0.5) is 0 Å². The Kier molecular flexibility index (Phi) is 3.79. The summed E-state index contributed by atoms with van der Waals surface area (Å²) in [5, 5.41) is 11.5. The van der Waals surface area contributed by atoms with E-state index in [1.807, 2.05) is 0 Å². The van der Waals surface area contributed by atoms with Crippen molar-refractivity contribution < 1.29 is 19.1 Å². The Morgan fingerprint density at radius 1 is 1.40 bits per heavy atom. The smallest absolute Gasteiger partial charge is 0.354 e. The number of carboxylic acid groups (broad SMARTS) is 1. The topological polar surface area (TPSA) is 105 Å². The molecule has 1 amide bonds. The van der Waals surface area contributed by atoms with Gasteiger partial charge in [-0.3, -0.25) is 4.79 Å². The molecule has 0 bridgehead atoms. The average Bonchev–Trinajstić information content (AvgIpc) is 2.85. The molecule has 20 heavy (non-hydrogen) atoms. The van der Waals surface area contributed by atoms with Crippen molar-refractivity contribution in [1.29, 1.82) is 0 Å². The maximum Gasteiger partial charge on any atom is 0.354 e. The minimum absolute atomic E-state index is 0.183. The van der Waals surface area contributed by atoms with Gasteiger partial charge in [-0.25, -0.2) is 14.8 Å². The van der Waals surface area contributed by atoms with Gasteiger partial charge in [-0.1, -0.05) is 0 Å². The van der Waals surface area contributed by atoms with Crippen molar-refractivity contribution in [2.75, 3.05) is 0 Å². The van der Waals surface area contributed by atoms with Crippen LogP contribution in [0.3, 0.4) is 0 Å². The largest absolute Gasteiger partial charge is 0.477 e. The lowest BCUT2D eigenvalue weighted by molar-refractivity contribution is 0.0690. The minimum Gasteiger partial charge on any atom is -0.477 e. The number of oxazole rings is 1. The summed E-state index contributed by atoms with van der Waals surface area (Å²) in [6.07, 6.45) is 2.84. The molecule has 2 aromatic heterocycles. The van der Waals surface area contributed by atoms with Gasteiger partial charge in [-0.05, 0) is 26.0 Å². The fourth-order valence-electron chi connectivity index (χ4n) is 1.60. The lowest BCUT2D eigenvalue weighted by Gasteiger charge is -2.10. The number of aromatic carboxylic acids is 1. The Hall–Kier alpha value is -2.70. The van der Waals surface area contributed by atoms with Gasteiger partial charge < -0.3 is 14.8 Å². The van der Waals surface area contributed by atoms with Gasteiger partial charge in [0.1, 0.15) is 17.5 Å². The Morgan fingerprint density at radius 2 is 2.15 bits per heavy atom. The SMILES string of the molecule is Cc1cnc(C(C)NC(=O)c2ccnc(C(=O)O)c2)o1. The van der Waals surface area contributed by atoms with Crippen molar-refractivity contribution in [2.24, 2.45) is 0 Å². The minimum atomic E-state index is -1.18. The fourth-order valence-corrected chi connectivity index (χ4v) is 1.60. The number of carboxylic acids is 1. The molecule has 2 N–H and O–H groups in total. The molecular formula is C13H13N3O4. The van der Waals surface area contributed by atoms with Crippen molar-refractivity contribution in [2.45, 2.75) is 19.9 Å². The van der Waals surface area contributed by atoms with Crippen LogP contribution >= 0.6 is 0 Å². The van der Waals surface area contributed by atoms with Crippen molar-refractivity contribution >= 4 is 11.9 Å².